The molecule has 0 saturated carbocycles. The Balaban J connectivity index is 1.28. The largest absolute Gasteiger partial charge is 0.476 e. The highest BCUT2D eigenvalue weighted by molar-refractivity contribution is 7.09. The zero-order chi connectivity index (χ0) is 17.8. The monoisotopic (exact) mass is 377 g/mol. The molecule has 2 aliphatic rings. The van der Waals surface area contributed by atoms with Crippen molar-refractivity contribution in [1.29, 1.82) is 0 Å². The molecule has 2 aromatic rings. The van der Waals surface area contributed by atoms with Crippen molar-refractivity contribution in [3.05, 3.63) is 40.7 Å². The number of pyridine rings is 1. The Morgan fingerprint density at radius 3 is 2.96 bits per heavy atom. The van der Waals surface area contributed by atoms with E-state index in [1.54, 1.807) is 23.6 Å². The first-order chi connectivity index (χ1) is 12.8. The molecule has 140 valence electrons. The maximum Gasteiger partial charge on any atom is 0.250 e. The highest BCUT2D eigenvalue weighted by Crippen LogP contribution is 2.42. The smallest absolute Gasteiger partial charge is 0.250 e. The summed E-state index contributed by atoms with van der Waals surface area (Å²) in [6.07, 6.45) is 7.44. The first-order valence-electron chi connectivity index (χ1n) is 9.23. The van der Waals surface area contributed by atoms with E-state index in [0.29, 0.717) is 12.5 Å². The van der Waals surface area contributed by atoms with Crippen molar-refractivity contribution in [3.8, 4) is 5.88 Å². The molecule has 5 nitrogen and oxygen atoms in total. The summed E-state index contributed by atoms with van der Waals surface area (Å²) in [7, 11) is 0. The van der Waals surface area contributed by atoms with Crippen molar-refractivity contribution in [3.63, 3.8) is 0 Å². The number of likely N-dealkylation sites (tertiary alicyclic amines) is 1. The first kappa shape index (κ1) is 17.8. The van der Waals surface area contributed by atoms with Gasteiger partial charge in [-0.15, -0.1) is 11.3 Å². The number of aromatic nitrogens is 2. The highest BCUT2D eigenvalue weighted by atomic mass is 32.1. The Morgan fingerprint density at radius 2 is 2.19 bits per heavy atom. The van der Waals surface area contributed by atoms with E-state index in [4.69, 9.17) is 9.47 Å². The summed E-state index contributed by atoms with van der Waals surface area (Å²) < 4.78 is 25.4. The molecular weight excluding hydrogens is 353 g/mol. The van der Waals surface area contributed by atoms with Crippen LogP contribution in [0.3, 0.4) is 0 Å². The lowest BCUT2D eigenvalue weighted by molar-refractivity contribution is -0.0709. The van der Waals surface area contributed by atoms with Crippen LogP contribution < -0.4 is 4.74 Å². The summed E-state index contributed by atoms with van der Waals surface area (Å²) in [5.41, 5.74) is -0.0363. The lowest BCUT2D eigenvalue weighted by Crippen LogP contribution is -2.47. The predicted molar refractivity (Wildman–Crippen MR) is 97.7 cm³/mol. The summed E-state index contributed by atoms with van der Waals surface area (Å²) in [5.74, 6) is 0.162. The molecule has 0 N–H and O–H groups in total. The standard InChI is InChI=1S/C19H24FN3O2S/c20-16-2-1-7-22-18(16)24-11-3-15-4-12-25-19(15)5-9-23(10-6-19)14-17-21-8-13-26-17/h1-2,7-8,13,15H,3-6,9-12,14H2. The third-order valence-corrected chi connectivity index (χ3v) is 6.34. The average molecular weight is 377 g/mol. The normalized spacial score (nSPS) is 22.7. The van der Waals surface area contributed by atoms with Crippen LogP contribution in [0.25, 0.3) is 0 Å². The molecule has 2 aliphatic heterocycles. The van der Waals surface area contributed by atoms with E-state index in [2.05, 4.69) is 14.9 Å². The fourth-order valence-corrected chi connectivity index (χ4v) is 4.79. The summed E-state index contributed by atoms with van der Waals surface area (Å²) >= 11 is 1.71. The highest BCUT2D eigenvalue weighted by Gasteiger charge is 2.45. The van der Waals surface area contributed by atoms with Gasteiger partial charge in [-0.05, 0) is 43.7 Å². The quantitative estimate of drug-likeness (QED) is 0.771. The molecule has 0 radical (unpaired) electrons. The van der Waals surface area contributed by atoms with Gasteiger partial charge < -0.3 is 9.47 Å². The Bertz CT molecular complexity index is 705. The number of piperidine rings is 1. The number of halogens is 1. The Morgan fingerprint density at radius 1 is 1.31 bits per heavy atom. The molecule has 2 aromatic heterocycles. The predicted octanol–water partition coefficient (Wildman–Crippen LogP) is 3.52. The number of ether oxygens (including phenoxy) is 2. The first-order valence-corrected chi connectivity index (χ1v) is 10.1. The van der Waals surface area contributed by atoms with Gasteiger partial charge in [0, 0.05) is 37.5 Å². The van der Waals surface area contributed by atoms with Crippen LogP contribution in [0, 0.1) is 11.7 Å². The molecule has 4 rings (SSSR count). The molecule has 2 saturated heterocycles. The van der Waals surface area contributed by atoms with Crippen molar-refractivity contribution < 1.29 is 13.9 Å². The second-order valence-corrected chi connectivity index (χ2v) is 8.01. The van der Waals surface area contributed by atoms with Gasteiger partial charge in [-0.3, -0.25) is 4.90 Å². The number of thiazole rings is 1. The molecule has 1 spiro atoms. The number of hydrogen-bond acceptors (Lipinski definition) is 6. The molecule has 1 atom stereocenters. The van der Waals surface area contributed by atoms with Crippen molar-refractivity contribution in [1.82, 2.24) is 14.9 Å². The fraction of sp³-hybridized carbons (Fsp3) is 0.579. The van der Waals surface area contributed by atoms with Crippen LogP contribution in [0.4, 0.5) is 4.39 Å². The van der Waals surface area contributed by atoms with E-state index in [-0.39, 0.29) is 11.5 Å². The minimum absolute atomic E-state index is 0.0363. The molecule has 4 heterocycles. The summed E-state index contributed by atoms with van der Waals surface area (Å²) in [6.45, 7) is 4.29. The minimum Gasteiger partial charge on any atom is -0.476 e. The lowest BCUT2D eigenvalue weighted by Gasteiger charge is -2.42. The van der Waals surface area contributed by atoms with E-state index in [1.807, 2.05) is 11.6 Å². The van der Waals surface area contributed by atoms with Gasteiger partial charge in [-0.2, -0.15) is 0 Å². The lowest BCUT2D eigenvalue weighted by atomic mass is 9.78. The van der Waals surface area contributed by atoms with Gasteiger partial charge in [-0.25, -0.2) is 14.4 Å². The Labute approximate surface area is 157 Å². The maximum absolute atomic E-state index is 13.6. The average Bonchev–Trinajstić information content (AvgIpc) is 3.29. The molecule has 2 fully saturated rings. The Kier molecular flexibility index (Phi) is 5.47. The minimum atomic E-state index is -0.402. The van der Waals surface area contributed by atoms with E-state index in [1.165, 1.54) is 11.1 Å². The van der Waals surface area contributed by atoms with Gasteiger partial charge in [0.25, 0.3) is 0 Å². The number of rotatable bonds is 6. The van der Waals surface area contributed by atoms with Gasteiger partial charge in [0.15, 0.2) is 5.82 Å². The van der Waals surface area contributed by atoms with Crippen LogP contribution in [0.15, 0.2) is 29.9 Å². The molecule has 0 amide bonds. The summed E-state index contributed by atoms with van der Waals surface area (Å²) in [5, 5.41) is 3.21. The molecule has 0 aromatic carbocycles. The second-order valence-electron chi connectivity index (χ2n) is 7.03. The molecule has 26 heavy (non-hydrogen) atoms. The zero-order valence-corrected chi connectivity index (χ0v) is 15.6. The molecular formula is C19H24FN3O2S. The molecule has 1 unspecified atom stereocenters. The number of hydrogen-bond donors (Lipinski definition) is 0. The van der Waals surface area contributed by atoms with Gasteiger partial charge in [0.2, 0.25) is 5.88 Å². The van der Waals surface area contributed by atoms with Crippen LogP contribution >= 0.6 is 11.3 Å². The SMILES string of the molecule is Fc1cccnc1OCCC1CCOC12CCN(Cc1nccs1)CC2. The number of nitrogens with zero attached hydrogens (tertiary/aromatic N) is 3. The summed E-state index contributed by atoms with van der Waals surface area (Å²) in [6, 6.07) is 2.95. The van der Waals surface area contributed by atoms with Crippen LogP contribution in [-0.2, 0) is 11.3 Å². The van der Waals surface area contributed by atoms with E-state index in [0.717, 1.165) is 51.9 Å². The topological polar surface area (TPSA) is 47.5 Å². The van der Waals surface area contributed by atoms with E-state index in [9.17, 15) is 4.39 Å². The van der Waals surface area contributed by atoms with Crippen LogP contribution in [0.5, 0.6) is 5.88 Å². The molecule has 0 aliphatic carbocycles. The third kappa shape index (κ3) is 3.89. The van der Waals surface area contributed by atoms with Crippen molar-refractivity contribution in [2.45, 2.75) is 37.8 Å². The van der Waals surface area contributed by atoms with Crippen LogP contribution in [0.1, 0.15) is 30.7 Å². The van der Waals surface area contributed by atoms with Crippen molar-refractivity contribution in [2.24, 2.45) is 5.92 Å². The third-order valence-electron chi connectivity index (χ3n) is 5.57. The summed E-state index contributed by atoms with van der Waals surface area (Å²) in [4.78, 5) is 10.8. The second kappa shape index (κ2) is 7.98. The van der Waals surface area contributed by atoms with Gasteiger partial charge in [0.1, 0.15) is 5.01 Å². The zero-order valence-electron chi connectivity index (χ0n) is 14.8. The van der Waals surface area contributed by atoms with Crippen LogP contribution in [-0.4, -0.2) is 46.8 Å². The fourth-order valence-electron chi connectivity index (χ4n) is 4.13. The van der Waals surface area contributed by atoms with Crippen molar-refractivity contribution in [2.75, 3.05) is 26.3 Å². The van der Waals surface area contributed by atoms with Gasteiger partial charge in [-0.1, -0.05) is 0 Å². The van der Waals surface area contributed by atoms with Crippen molar-refractivity contribution >= 4 is 11.3 Å². The molecule has 0 bridgehead atoms. The van der Waals surface area contributed by atoms with Gasteiger partial charge in [0.05, 0.1) is 18.8 Å². The Hall–Kier alpha value is -1.57. The van der Waals surface area contributed by atoms with Crippen LogP contribution in [0.2, 0.25) is 0 Å². The maximum atomic E-state index is 13.6. The molecule has 7 heteroatoms. The van der Waals surface area contributed by atoms with Gasteiger partial charge >= 0.3 is 0 Å². The van der Waals surface area contributed by atoms with E-state index < -0.39 is 5.82 Å². The van der Waals surface area contributed by atoms with E-state index >= 15 is 0 Å².